The molecule has 3 rings (SSSR count). The highest BCUT2D eigenvalue weighted by atomic mass is 35.5. The first-order valence-corrected chi connectivity index (χ1v) is 9.42. The number of nitrogens with zero attached hydrogens (tertiary/aromatic N) is 3. The maximum absolute atomic E-state index is 11.7. The summed E-state index contributed by atoms with van der Waals surface area (Å²) >= 11 is 6.11. The van der Waals surface area contributed by atoms with Crippen molar-refractivity contribution in [1.82, 2.24) is 9.29 Å². The molecule has 0 unspecified atom stereocenters. The van der Waals surface area contributed by atoms with Gasteiger partial charge in [0.2, 0.25) is 10.0 Å². The summed E-state index contributed by atoms with van der Waals surface area (Å²) in [5, 5.41) is 1.68. The van der Waals surface area contributed by atoms with E-state index in [2.05, 4.69) is 9.88 Å². The average Bonchev–Trinajstić information content (AvgIpc) is 2.72. The second-order valence-corrected chi connectivity index (χ2v) is 7.91. The van der Waals surface area contributed by atoms with Crippen LogP contribution < -0.4 is 4.90 Å². The lowest BCUT2D eigenvalue weighted by atomic mass is 10.1. The van der Waals surface area contributed by atoms with Crippen molar-refractivity contribution < 1.29 is 8.42 Å². The van der Waals surface area contributed by atoms with Crippen LogP contribution in [0.5, 0.6) is 0 Å². The van der Waals surface area contributed by atoms with Gasteiger partial charge in [-0.25, -0.2) is 12.7 Å². The Balaban J connectivity index is 1.93. The Morgan fingerprint density at radius 2 is 1.95 bits per heavy atom. The molecular formula is C15H18ClN3O2S. The minimum Gasteiger partial charge on any atom is -0.370 e. The molecule has 0 aliphatic carbocycles. The van der Waals surface area contributed by atoms with Crippen molar-refractivity contribution in [3.8, 4) is 0 Å². The van der Waals surface area contributed by atoms with Gasteiger partial charge in [0.15, 0.2) is 0 Å². The first-order valence-electron chi connectivity index (χ1n) is 7.19. The van der Waals surface area contributed by atoms with Gasteiger partial charge in [0.05, 0.1) is 11.8 Å². The number of sulfonamides is 1. The number of fused-ring (bicyclic) bond motifs is 1. The zero-order valence-corrected chi connectivity index (χ0v) is 13.9. The maximum Gasteiger partial charge on any atom is 0.211 e. The van der Waals surface area contributed by atoms with Crippen molar-refractivity contribution in [2.24, 2.45) is 0 Å². The first-order chi connectivity index (χ1) is 10.4. The first kappa shape index (κ1) is 15.5. The number of anilines is 1. The second-order valence-electron chi connectivity index (χ2n) is 5.49. The SMILES string of the molecule is CS(=O)(=O)N1CCCN(c2ccnc3ccc(Cl)cc23)CC1. The molecule has 0 spiro atoms. The van der Waals surface area contributed by atoms with E-state index in [1.165, 1.54) is 6.26 Å². The standard InChI is InChI=1S/C15H18ClN3O2S/c1-22(20,21)19-8-2-7-18(9-10-19)15-5-6-17-14-4-3-12(16)11-13(14)15/h3-6,11H,2,7-10H2,1H3. The van der Waals surface area contributed by atoms with E-state index in [1.54, 1.807) is 10.5 Å². The normalized spacial score (nSPS) is 17.6. The van der Waals surface area contributed by atoms with E-state index in [1.807, 2.05) is 24.3 Å². The van der Waals surface area contributed by atoms with Crippen molar-refractivity contribution in [1.29, 1.82) is 0 Å². The molecule has 0 N–H and O–H groups in total. The van der Waals surface area contributed by atoms with Gasteiger partial charge in [-0.1, -0.05) is 11.6 Å². The molecule has 0 atom stereocenters. The topological polar surface area (TPSA) is 53.5 Å². The van der Waals surface area contributed by atoms with E-state index >= 15 is 0 Å². The van der Waals surface area contributed by atoms with Crippen LogP contribution in [0.4, 0.5) is 5.69 Å². The molecule has 1 aliphatic rings. The monoisotopic (exact) mass is 339 g/mol. The molecule has 22 heavy (non-hydrogen) atoms. The predicted octanol–water partition coefficient (Wildman–Crippen LogP) is 2.36. The van der Waals surface area contributed by atoms with Crippen LogP contribution in [0.3, 0.4) is 0 Å². The summed E-state index contributed by atoms with van der Waals surface area (Å²) in [6.07, 6.45) is 3.85. The minimum absolute atomic E-state index is 0.503. The summed E-state index contributed by atoms with van der Waals surface area (Å²) in [6, 6.07) is 7.61. The Bertz CT molecular complexity index is 794. The van der Waals surface area contributed by atoms with E-state index in [9.17, 15) is 8.42 Å². The Kier molecular flexibility index (Phi) is 4.25. The fourth-order valence-corrected chi connectivity index (χ4v) is 3.89. The molecule has 1 saturated heterocycles. The minimum atomic E-state index is -3.13. The molecule has 2 aromatic rings. The third-order valence-corrected chi connectivity index (χ3v) is 5.48. The van der Waals surface area contributed by atoms with Gasteiger partial charge < -0.3 is 4.90 Å². The summed E-state index contributed by atoms with van der Waals surface area (Å²) in [4.78, 5) is 6.58. The van der Waals surface area contributed by atoms with Crippen LogP contribution in [-0.2, 0) is 10.0 Å². The average molecular weight is 340 g/mol. The van der Waals surface area contributed by atoms with Gasteiger partial charge in [-0.15, -0.1) is 0 Å². The van der Waals surface area contributed by atoms with Crippen molar-refractivity contribution >= 4 is 38.2 Å². The summed E-state index contributed by atoms with van der Waals surface area (Å²) in [5.41, 5.74) is 1.95. The molecule has 0 saturated carbocycles. The fraction of sp³-hybridized carbons (Fsp3) is 0.400. The molecular weight excluding hydrogens is 322 g/mol. The number of rotatable bonds is 2. The molecule has 118 valence electrons. The molecule has 0 radical (unpaired) electrons. The Labute approximate surface area is 135 Å². The quantitative estimate of drug-likeness (QED) is 0.843. The highest BCUT2D eigenvalue weighted by Gasteiger charge is 2.22. The van der Waals surface area contributed by atoms with Gasteiger partial charge in [0, 0.05) is 48.5 Å². The number of pyridine rings is 1. The van der Waals surface area contributed by atoms with E-state index in [0.717, 1.165) is 29.6 Å². The van der Waals surface area contributed by atoms with Gasteiger partial charge >= 0.3 is 0 Å². The van der Waals surface area contributed by atoms with Crippen LogP contribution in [0.1, 0.15) is 6.42 Å². The van der Waals surface area contributed by atoms with Gasteiger partial charge in [-0.2, -0.15) is 0 Å². The predicted molar refractivity (Wildman–Crippen MR) is 90.0 cm³/mol. The van der Waals surface area contributed by atoms with Crippen molar-refractivity contribution in [2.75, 3.05) is 37.3 Å². The third kappa shape index (κ3) is 3.19. The number of hydrogen-bond acceptors (Lipinski definition) is 4. The van der Waals surface area contributed by atoms with Gasteiger partial charge in [0.25, 0.3) is 0 Å². The van der Waals surface area contributed by atoms with E-state index < -0.39 is 10.0 Å². The smallest absolute Gasteiger partial charge is 0.211 e. The van der Waals surface area contributed by atoms with Crippen molar-refractivity contribution in [3.05, 3.63) is 35.5 Å². The van der Waals surface area contributed by atoms with Crippen LogP contribution in [0, 0.1) is 0 Å². The molecule has 2 heterocycles. The Hall–Kier alpha value is -1.37. The molecule has 1 aromatic heterocycles. The van der Waals surface area contributed by atoms with Crippen molar-refractivity contribution in [2.45, 2.75) is 6.42 Å². The molecule has 1 aliphatic heterocycles. The molecule has 5 nitrogen and oxygen atoms in total. The summed E-state index contributed by atoms with van der Waals surface area (Å²) < 4.78 is 25.0. The zero-order valence-electron chi connectivity index (χ0n) is 12.4. The highest BCUT2D eigenvalue weighted by Crippen LogP contribution is 2.28. The number of benzene rings is 1. The van der Waals surface area contributed by atoms with Crippen molar-refractivity contribution in [3.63, 3.8) is 0 Å². The lowest BCUT2D eigenvalue weighted by molar-refractivity contribution is 0.437. The molecule has 0 bridgehead atoms. The molecule has 1 aromatic carbocycles. The van der Waals surface area contributed by atoms with Gasteiger partial charge in [0.1, 0.15) is 0 Å². The molecule has 0 amide bonds. The van der Waals surface area contributed by atoms with E-state index in [4.69, 9.17) is 11.6 Å². The second kappa shape index (κ2) is 6.02. The van der Waals surface area contributed by atoms with E-state index in [0.29, 0.717) is 24.7 Å². The lowest BCUT2D eigenvalue weighted by Gasteiger charge is -2.24. The highest BCUT2D eigenvalue weighted by molar-refractivity contribution is 7.88. The third-order valence-electron chi connectivity index (χ3n) is 3.95. The van der Waals surface area contributed by atoms with Gasteiger partial charge in [-0.3, -0.25) is 4.98 Å². The van der Waals surface area contributed by atoms with Crippen LogP contribution >= 0.6 is 11.6 Å². The number of hydrogen-bond donors (Lipinski definition) is 0. The Morgan fingerprint density at radius 3 is 2.73 bits per heavy atom. The maximum atomic E-state index is 11.7. The summed E-state index contributed by atoms with van der Waals surface area (Å²) in [6.45, 7) is 2.55. The summed E-state index contributed by atoms with van der Waals surface area (Å²) in [7, 11) is -3.13. The lowest BCUT2D eigenvalue weighted by Crippen LogP contribution is -2.34. The number of halogens is 1. The zero-order chi connectivity index (χ0) is 15.7. The Morgan fingerprint density at radius 1 is 1.14 bits per heavy atom. The van der Waals surface area contributed by atoms with E-state index in [-0.39, 0.29) is 0 Å². The molecule has 7 heteroatoms. The summed E-state index contributed by atoms with van der Waals surface area (Å²) in [5.74, 6) is 0. The van der Waals surface area contributed by atoms with Crippen LogP contribution in [0.25, 0.3) is 10.9 Å². The van der Waals surface area contributed by atoms with Crippen LogP contribution in [0.15, 0.2) is 30.5 Å². The van der Waals surface area contributed by atoms with Crippen LogP contribution in [-0.4, -0.2) is 50.1 Å². The van der Waals surface area contributed by atoms with Gasteiger partial charge in [-0.05, 0) is 30.7 Å². The fourth-order valence-electron chi connectivity index (χ4n) is 2.85. The largest absolute Gasteiger partial charge is 0.370 e. The molecule has 1 fully saturated rings. The van der Waals surface area contributed by atoms with Crippen LogP contribution in [0.2, 0.25) is 5.02 Å². The number of aromatic nitrogens is 1.